The predicted molar refractivity (Wildman–Crippen MR) is 159 cm³/mol. The highest BCUT2D eigenvalue weighted by molar-refractivity contribution is 7.71. The number of nitrogens with one attached hydrogen (secondary N) is 3. The molecular weight excluding hydrogens is 609 g/mol. The summed E-state index contributed by atoms with van der Waals surface area (Å²) in [4.78, 5) is 65.3. The van der Waals surface area contributed by atoms with Crippen molar-refractivity contribution in [1.82, 2.24) is 25.2 Å². The van der Waals surface area contributed by atoms with Crippen molar-refractivity contribution in [2.45, 2.75) is 32.4 Å². The van der Waals surface area contributed by atoms with Crippen LogP contribution in [0, 0.1) is 17.6 Å². The molecule has 0 saturated heterocycles. The summed E-state index contributed by atoms with van der Waals surface area (Å²) in [6, 6.07) is 7.83. The highest BCUT2D eigenvalue weighted by Crippen LogP contribution is 2.35. The van der Waals surface area contributed by atoms with Crippen molar-refractivity contribution in [1.29, 1.82) is 0 Å². The Morgan fingerprint density at radius 3 is 2.67 bits per heavy atom. The fraction of sp³-hybridized carbons (Fsp3) is 0.172. The third-order valence-electron chi connectivity index (χ3n) is 7.71. The molecule has 3 aromatic carbocycles. The van der Waals surface area contributed by atoms with Gasteiger partial charge in [0.05, 0.1) is 17.3 Å². The summed E-state index contributed by atoms with van der Waals surface area (Å²) in [5.41, 5.74) is 5.81. The third kappa shape index (κ3) is 5.10. The number of carboxylic acid groups (broad SMARTS) is 1. The number of nitrogens with two attached hydrogens (primary N) is 1. The largest absolute Gasteiger partial charge is 0.478 e. The van der Waals surface area contributed by atoms with E-state index in [1.54, 1.807) is 13.0 Å². The summed E-state index contributed by atoms with van der Waals surface area (Å²) in [5, 5.41) is 21.3. The average molecular weight is 632 g/mol. The van der Waals surface area contributed by atoms with Crippen molar-refractivity contribution in [3.05, 3.63) is 107 Å². The van der Waals surface area contributed by atoms with Crippen LogP contribution in [-0.2, 0) is 13.0 Å². The first-order valence-corrected chi connectivity index (χ1v) is 13.8. The van der Waals surface area contributed by atoms with Crippen molar-refractivity contribution in [3.8, 4) is 0 Å². The molecule has 1 atom stereocenters. The molecule has 0 spiro atoms. The van der Waals surface area contributed by atoms with Crippen LogP contribution in [0.15, 0.2) is 50.5 Å². The topological polar surface area (TPSA) is 211 Å². The van der Waals surface area contributed by atoms with Gasteiger partial charge in [-0.25, -0.2) is 18.6 Å². The van der Waals surface area contributed by atoms with E-state index in [0.29, 0.717) is 24.0 Å². The van der Waals surface area contributed by atoms with E-state index in [1.165, 1.54) is 28.7 Å². The number of carboxylic acids is 1. The van der Waals surface area contributed by atoms with Crippen molar-refractivity contribution in [2.24, 2.45) is 0 Å². The van der Waals surface area contributed by atoms with Gasteiger partial charge >= 0.3 is 10.8 Å². The molecule has 0 aliphatic heterocycles. The number of aromatic carboxylic acids is 1. The van der Waals surface area contributed by atoms with Gasteiger partial charge in [0.1, 0.15) is 28.6 Å². The maximum Gasteiger partial charge on any atom is 0.335 e. The molecule has 6 N–H and O–H groups in total. The van der Waals surface area contributed by atoms with Gasteiger partial charge in [-0.15, -0.1) is 0 Å². The Bertz CT molecular complexity index is 2220. The molecule has 2 heterocycles. The molecule has 0 bridgehead atoms. The van der Waals surface area contributed by atoms with Gasteiger partial charge in [-0.3, -0.25) is 19.2 Å². The van der Waals surface area contributed by atoms with Gasteiger partial charge in [-0.05, 0) is 83.7 Å². The van der Waals surface area contributed by atoms with Crippen molar-refractivity contribution >= 4 is 52.8 Å². The first-order chi connectivity index (χ1) is 21.4. The fourth-order valence-electron chi connectivity index (χ4n) is 5.35. The molecule has 1 aliphatic rings. The average Bonchev–Trinajstić information content (AvgIpc) is 3.62. The van der Waals surface area contributed by atoms with Crippen LogP contribution in [0.25, 0.3) is 5.78 Å². The Labute approximate surface area is 256 Å². The van der Waals surface area contributed by atoms with Gasteiger partial charge in [0.25, 0.3) is 28.4 Å². The lowest BCUT2D eigenvalue weighted by atomic mass is 9.98. The quantitative estimate of drug-likeness (QED) is 0.123. The molecule has 0 saturated carbocycles. The van der Waals surface area contributed by atoms with E-state index in [2.05, 4.69) is 26.1 Å². The lowest BCUT2D eigenvalue weighted by Gasteiger charge is -2.16. The van der Waals surface area contributed by atoms with E-state index in [-0.39, 0.29) is 51.2 Å². The molecule has 228 valence electrons. The smallest absolute Gasteiger partial charge is 0.335 e. The Morgan fingerprint density at radius 2 is 1.93 bits per heavy atom. The molecule has 2 amide bonds. The fourth-order valence-corrected chi connectivity index (χ4v) is 5.57. The molecule has 1 aliphatic carbocycles. The summed E-state index contributed by atoms with van der Waals surface area (Å²) in [7, 11) is 0. The number of anilines is 3. The number of hydrogen-bond donors (Lipinski definition) is 5. The van der Waals surface area contributed by atoms with Gasteiger partial charge in [0.15, 0.2) is 0 Å². The van der Waals surface area contributed by atoms with Gasteiger partial charge in [0.2, 0.25) is 0 Å². The first-order valence-electron chi connectivity index (χ1n) is 13.4. The second-order valence-electron chi connectivity index (χ2n) is 10.4. The number of carbonyl (C=O) groups excluding carboxylic acids is 2. The normalized spacial score (nSPS) is 14.0. The van der Waals surface area contributed by atoms with Crippen molar-refractivity contribution < 1.29 is 28.4 Å². The van der Waals surface area contributed by atoms with Gasteiger partial charge in [-0.1, -0.05) is 12.1 Å². The van der Waals surface area contributed by atoms with Gasteiger partial charge < -0.3 is 31.3 Å². The van der Waals surface area contributed by atoms with Crippen LogP contribution < -0.4 is 32.5 Å². The Kier molecular flexibility index (Phi) is 7.20. The van der Waals surface area contributed by atoms with Crippen LogP contribution >= 0.6 is 12.2 Å². The molecule has 0 radical (unpaired) electrons. The van der Waals surface area contributed by atoms with Crippen molar-refractivity contribution in [3.63, 3.8) is 0 Å². The molecule has 2 aromatic heterocycles. The van der Waals surface area contributed by atoms with E-state index < -0.39 is 40.5 Å². The lowest BCUT2D eigenvalue weighted by Crippen LogP contribution is -2.36. The van der Waals surface area contributed by atoms with Crippen LogP contribution in [0.1, 0.15) is 66.1 Å². The minimum absolute atomic E-state index is 0.0671. The van der Waals surface area contributed by atoms with Gasteiger partial charge in [-0.2, -0.15) is 0 Å². The van der Waals surface area contributed by atoms with Crippen molar-refractivity contribution in [2.75, 3.05) is 11.1 Å². The molecular formula is C29H22FN7O7S. The van der Waals surface area contributed by atoms with E-state index in [1.807, 2.05) is 0 Å². The molecule has 6 rings (SSSR count). The summed E-state index contributed by atoms with van der Waals surface area (Å²) in [5.74, 6) is -3.18. The Hall–Kier alpha value is -5.77. The zero-order chi connectivity index (χ0) is 32.2. The zero-order valence-corrected chi connectivity index (χ0v) is 24.1. The maximum atomic E-state index is 14.4. The van der Waals surface area contributed by atoms with Crippen LogP contribution in [-0.4, -0.2) is 37.4 Å². The Morgan fingerprint density at radius 1 is 1.16 bits per heavy atom. The number of fused-ring (bicyclic) bond motifs is 2. The molecule has 16 heteroatoms. The minimum Gasteiger partial charge on any atom is -0.478 e. The maximum absolute atomic E-state index is 14.4. The summed E-state index contributed by atoms with van der Waals surface area (Å²) in [6.45, 7) is 1.62. The number of benzene rings is 2. The molecule has 14 nitrogen and oxygen atoms in total. The summed E-state index contributed by atoms with van der Waals surface area (Å²) >= 11 is 5.18. The van der Waals surface area contributed by atoms with Crippen LogP contribution in [0.2, 0.25) is 0 Å². The highest BCUT2D eigenvalue weighted by Gasteiger charge is 2.29. The van der Waals surface area contributed by atoms with Crippen LogP contribution in [0.5, 0.6) is 0 Å². The monoisotopic (exact) mass is 631 g/mol. The molecule has 0 fully saturated rings. The van der Waals surface area contributed by atoms with E-state index in [9.17, 15) is 33.5 Å². The zero-order valence-electron chi connectivity index (χ0n) is 23.3. The second kappa shape index (κ2) is 11.1. The number of nitrogen functional groups attached to an aromatic ring is 1. The number of rotatable bonds is 8. The van der Waals surface area contributed by atoms with Crippen LogP contribution in [0.3, 0.4) is 0 Å². The highest BCUT2D eigenvalue weighted by atomic mass is 32.1. The molecule has 45 heavy (non-hydrogen) atoms. The van der Waals surface area contributed by atoms with E-state index in [0.717, 1.165) is 17.2 Å². The minimum atomic E-state index is -1.03. The standard InChI is InChI=1S/C29H22FN7O7S/c1-11-13-5-7-17(15(13)4-3-14(11)27(42)43)34-26(41)20-9-19(35-28-36-44-29(45)37(20)28)25(40)32-10-12-2-6-16(30)18(8-12)33-22-21(31)23(38)24(22)39/h2-4,6,8-9,17,33H,5,7,10,31H2,1H3,(H,32,40)(H,34,41)(H,42,43)/t17-/m0/s1. The molecule has 5 aromatic rings. The molecule has 0 unspecified atom stereocenters. The number of nitrogens with zero attached hydrogens (tertiary/aromatic N) is 3. The number of hydrogen-bond acceptors (Lipinski definition) is 11. The number of aromatic nitrogens is 3. The second-order valence-corrected chi connectivity index (χ2v) is 10.7. The number of halogens is 1. The number of amides is 2. The van der Waals surface area contributed by atoms with E-state index >= 15 is 0 Å². The first kappa shape index (κ1) is 29.3. The Balaban J connectivity index is 1.22. The van der Waals surface area contributed by atoms with Gasteiger partial charge in [0, 0.05) is 6.54 Å². The summed E-state index contributed by atoms with van der Waals surface area (Å²) < 4.78 is 20.6. The van der Waals surface area contributed by atoms with Crippen LogP contribution in [0.4, 0.5) is 21.5 Å². The lowest BCUT2D eigenvalue weighted by molar-refractivity contribution is 0.0695. The van der Waals surface area contributed by atoms with E-state index in [4.69, 9.17) is 22.5 Å². The summed E-state index contributed by atoms with van der Waals surface area (Å²) in [6.07, 6.45) is 1.10. The number of carbonyl (C=O) groups is 3. The predicted octanol–water partition coefficient (Wildman–Crippen LogP) is 2.47. The SMILES string of the molecule is Cc1c(C(=O)O)ccc2c1CC[C@@H]2NC(=O)c1cc(C(=O)NCc2ccc(F)c(Nc3c(N)c(=O)c3=O)c2)nc2noc(=S)n12. The third-order valence-corrected chi connectivity index (χ3v) is 7.96.